The number of alkyl halides is 2. The zero-order chi connectivity index (χ0) is 13.2. The minimum absolute atomic E-state index is 0.0105. The van der Waals surface area contributed by atoms with E-state index in [1.165, 1.54) is 6.42 Å². The lowest BCUT2D eigenvalue weighted by Gasteiger charge is -2.25. The average Bonchev–Trinajstić information content (AvgIpc) is 2.73. The van der Waals surface area contributed by atoms with Gasteiger partial charge >= 0.3 is 0 Å². The smallest absolute Gasteiger partial charge is 0.285 e. The first-order valence-corrected chi connectivity index (χ1v) is 7.17. The molecule has 18 heavy (non-hydrogen) atoms. The van der Waals surface area contributed by atoms with Crippen LogP contribution in [-0.2, 0) is 5.92 Å². The van der Waals surface area contributed by atoms with Gasteiger partial charge in [0.25, 0.3) is 5.92 Å². The third kappa shape index (κ3) is 2.80. The Bertz CT molecular complexity index is 400. The molecule has 1 fully saturated rings. The Balaban J connectivity index is 2.20. The molecule has 1 aromatic heterocycles. The molecule has 1 saturated heterocycles. The highest BCUT2D eigenvalue weighted by molar-refractivity contribution is 7.15. The summed E-state index contributed by atoms with van der Waals surface area (Å²) in [6.45, 7) is 3.50. The van der Waals surface area contributed by atoms with Crippen molar-refractivity contribution in [2.45, 2.75) is 38.5 Å². The van der Waals surface area contributed by atoms with Crippen molar-refractivity contribution >= 4 is 16.5 Å². The van der Waals surface area contributed by atoms with Gasteiger partial charge in [0.05, 0.1) is 10.6 Å². The predicted molar refractivity (Wildman–Crippen MR) is 70.5 cm³/mol. The fourth-order valence-corrected chi connectivity index (χ4v) is 3.36. The van der Waals surface area contributed by atoms with Crippen LogP contribution in [0.15, 0.2) is 0 Å². The summed E-state index contributed by atoms with van der Waals surface area (Å²) in [5.41, 5.74) is 5.69. The summed E-state index contributed by atoms with van der Waals surface area (Å²) in [6.07, 6.45) is 3.15. The molecule has 1 aliphatic heterocycles. The molecule has 0 aromatic carbocycles. The number of nitrogens with two attached hydrogens (primary N) is 1. The van der Waals surface area contributed by atoms with Gasteiger partial charge in [0.2, 0.25) is 0 Å². The molecule has 2 rings (SSSR count). The van der Waals surface area contributed by atoms with E-state index in [0.717, 1.165) is 42.4 Å². The van der Waals surface area contributed by atoms with Crippen LogP contribution < -0.4 is 10.6 Å². The quantitative estimate of drug-likeness (QED) is 0.918. The Kier molecular flexibility index (Phi) is 4.17. The Labute approximate surface area is 110 Å². The molecule has 0 aliphatic carbocycles. The molecule has 3 nitrogen and oxygen atoms in total. The number of anilines is 1. The van der Waals surface area contributed by atoms with Crippen molar-refractivity contribution in [2.75, 3.05) is 24.5 Å². The SMILES string of the molecule is Cc1nc(N2CCCCC2)sc1C(F)(F)CCN. The second-order valence-electron chi connectivity index (χ2n) is 4.70. The number of thiazole rings is 1. The van der Waals surface area contributed by atoms with Gasteiger partial charge in [0, 0.05) is 19.5 Å². The minimum atomic E-state index is -2.84. The molecule has 0 saturated carbocycles. The fraction of sp³-hybridized carbons (Fsp3) is 0.750. The maximum Gasteiger partial charge on any atom is 0.285 e. The highest BCUT2D eigenvalue weighted by Gasteiger charge is 2.35. The van der Waals surface area contributed by atoms with Crippen LogP contribution in [-0.4, -0.2) is 24.6 Å². The van der Waals surface area contributed by atoms with Crippen LogP contribution in [0.25, 0.3) is 0 Å². The Hall–Kier alpha value is -0.750. The summed E-state index contributed by atoms with van der Waals surface area (Å²) in [6, 6.07) is 0. The summed E-state index contributed by atoms with van der Waals surface area (Å²) < 4.78 is 27.7. The maximum atomic E-state index is 13.9. The summed E-state index contributed by atoms with van der Waals surface area (Å²) in [4.78, 5) is 6.50. The van der Waals surface area contributed by atoms with Crippen molar-refractivity contribution in [3.63, 3.8) is 0 Å². The van der Waals surface area contributed by atoms with E-state index in [1.54, 1.807) is 6.92 Å². The zero-order valence-corrected chi connectivity index (χ0v) is 11.4. The van der Waals surface area contributed by atoms with Gasteiger partial charge in [-0.1, -0.05) is 11.3 Å². The number of hydrogen-bond acceptors (Lipinski definition) is 4. The first-order valence-electron chi connectivity index (χ1n) is 6.35. The third-order valence-electron chi connectivity index (χ3n) is 3.20. The topological polar surface area (TPSA) is 42.2 Å². The molecule has 102 valence electrons. The number of halogens is 2. The number of piperidine rings is 1. The van der Waals surface area contributed by atoms with Crippen molar-refractivity contribution in [1.82, 2.24) is 4.98 Å². The molecule has 2 N–H and O–H groups in total. The second kappa shape index (κ2) is 5.48. The van der Waals surface area contributed by atoms with Crippen LogP contribution >= 0.6 is 11.3 Å². The number of hydrogen-bond donors (Lipinski definition) is 1. The van der Waals surface area contributed by atoms with Crippen LogP contribution in [0.3, 0.4) is 0 Å². The van der Waals surface area contributed by atoms with Gasteiger partial charge in [-0.15, -0.1) is 0 Å². The third-order valence-corrected chi connectivity index (χ3v) is 4.53. The van der Waals surface area contributed by atoms with E-state index in [2.05, 4.69) is 9.88 Å². The van der Waals surface area contributed by atoms with Crippen molar-refractivity contribution < 1.29 is 8.78 Å². The number of nitrogens with zero attached hydrogens (tertiary/aromatic N) is 2. The van der Waals surface area contributed by atoms with E-state index in [9.17, 15) is 8.78 Å². The van der Waals surface area contributed by atoms with Crippen LogP contribution in [0.4, 0.5) is 13.9 Å². The molecule has 0 unspecified atom stereocenters. The standard InChI is InChI=1S/C12H19F2N3S/c1-9-10(12(13,14)5-6-15)18-11(16-9)17-7-3-2-4-8-17/h2-8,15H2,1H3. The molecule has 0 amide bonds. The van der Waals surface area contributed by atoms with E-state index >= 15 is 0 Å². The monoisotopic (exact) mass is 275 g/mol. The summed E-state index contributed by atoms with van der Waals surface area (Å²) in [7, 11) is 0. The summed E-state index contributed by atoms with van der Waals surface area (Å²) >= 11 is 1.12. The van der Waals surface area contributed by atoms with Crippen LogP contribution in [0.1, 0.15) is 36.3 Å². The molecule has 0 bridgehead atoms. The predicted octanol–water partition coefficient (Wildman–Crippen LogP) is 2.88. The van der Waals surface area contributed by atoms with Gasteiger partial charge in [-0.05, 0) is 32.7 Å². The van der Waals surface area contributed by atoms with Crippen molar-refractivity contribution in [1.29, 1.82) is 0 Å². The summed E-state index contributed by atoms with van der Waals surface area (Å²) in [5.74, 6) is -2.84. The van der Waals surface area contributed by atoms with E-state index in [-0.39, 0.29) is 17.8 Å². The Morgan fingerprint density at radius 2 is 2.00 bits per heavy atom. The van der Waals surface area contributed by atoms with Crippen LogP contribution in [0, 0.1) is 6.92 Å². The second-order valence-corrected chi connectivity index (χ2v) is 5.68. The molecule has 2 heterocycles. The van der Waals surface area contributed by atoms with E-state index in [1.807, 2.05) is 0 Å². The maximum absolute atomic E-state index is 13.9. The molecule has 1 aliphatic rings. The van der Waals surface area contributed by atoms with Crippen LogP contribution in [0.5, 0.6) is 0 Å². The highest BCUT2D eigenvalue weighted by Crippen LogP contribution is 2.40. The number of aryl methyl sites for hydroxylation is 1. The van der Waals surface area contributed by atoms with Gasteiger partial charge in [-0.2, -0.15) is 0 Å². The van der Waals surface area contributed by atoms with Gasteiger partial charge in [0.15, 0.2) is 5.13 Å². The Morgan fingerprint density at radius 1 is 1.33 bits per heavy atom. The molecular weight excluding hydrogens is 256 g/mol. The van der Waals surface area contributed by atoms with Crippen molar-refractivity contribution in [2.24, 2.45) is 5.73 Å². The largest absolute Gasteiger partial charge is 0.348 e. The molecule has 0 atom stereocenters. The zero-order valence-electron chi connectivity index (χ0n) is 10.6. The molecular formula is C12H19F2N3S. The van der Waals surface area contributed by atoms with Gasteiger partial charge < -0.3 is 10.6 Å². The fourth-order valence-electron chi connectivity index (χ4n) is 2.24. The number of rotatable bonds is 4. The lowest BCUT2D eigenvalue weighted by Crippen LogP contribution is -2.29. The minimum Gasteiger partial charge on any atom is -0.348 e. The lowest BCUT2D eigenvalue weighted by molar-refractivity contribution is -0.00761. The van der Waals surface area contributed by atoms with Gasteiger partial charge in [-0.3, -0.25) is 0 Å². The highest BCUT2D eigenvalue weighted by atomic mass is 32.1. The summed E-state index contributed by atoms with van der Waals surface area (Å²) in [5, 5.41) is 0.735. The normalized spacial score (nSPS) is 17.2. The Morgan fingerprint density at radius 3 is 2.61 bits per heavy atom. The lowest BCUT2D eigenvalue weighted by atomic mass is 10.1. The van der Waals surface area contributed by atoms with E-state index < -0.39 is 5.92 Å². The van der Waals surface area contributed by atoms with E-state index in [0.29, 0.717) is 5.69 Å². The molecule has 0 spiro atoms. The van der Waals surface area contributed by atoms with E-state index in [4.69, 9.17) is 5.73 Å². The molecule has 6 heteroatoms. The average molecular weight is 275 g/mol. The molecule has 0 radical (unpaired) electrons. The number of aromatic nitrogens is 1. The van der Waals surface area contributed by atoms with Gasteiger partial charge in [0.1, 0.15) is 0 Å². The van der Waals surface area contributed by atoms with Gasteiger partial charge in [-0.25, -0.2) is 13.8 Å². The van der Waals surface area contributed by atoms with Crippen LogP contribution in [0.2, 0.25) is 0 Å². The van der Waals surface area contributed by atoms with Crippen molar-refractivity contribution in [3.8, 4) is 0 Å². The first kappa shape index (κ1) is 13.7. The molecule has 1 aromatic rings. The first-order chi connectivity index (χ1) is 8.54. The van der Waals surface area contributed by atoms with Crippen molar-refractivity contribution in [3.05, 3.63) is 10.6 Å².